The molecule has 1 amide bonds. The summed E-state index contributed by atoms with van der Waals surface area (Å²) in [5.74, 6) is -0.841. The summed E-state index contributed by atoms with van der Waals surface area (Å²) in [5.41, 5.74) is 2.66. The van der Waals surface area contributed by atoms with E-state index in [2.05, 4.69) is 5.32 Å². The number of nitrogens with one attached hydrogen (secondary N) is 1. The fourth-order valence-corrected chi connectivity index (χ4v) is 4.21. The van der Waals surface area contributed by atoms with Crippen molar-refractivity contribution in [2.24, 2.45) is 5.92 Å². The second-order valence-corrected chi connectivity index (χ2v) is 8.71. The first kappa shape index (κ1) is 21.1. The number of amides is 1. The van der Waals surface area contributed by atoms with Gasteiger partial charge in [-0.1, -0.05) is 44.2 Å². The van der Waals surface area contributed by atoms with E-state index in [1.54, 1.807) is 11.3 Å². The summed E-state index contributed by atoms with van der Waals surface area (Å²) in [4.78, 5) is 25.6. The molecular weight excluding hydrogens is 384 g/mol. The molecule has 1 N–H and O–H groups in total. The van der Waals surface area contributed by atoms with Crippen LogP contribution in [0.15, 0.2) is 47.8 Å². The monoisotopic (exact) mass is 412 g/mol. The van der Waals surface area contributed by atoms with Crippen LogP contribution >= 0.6 is 11.3 Å². The van der Waals surface area contributed by atoms with E-state index in [-0.39, 0.29) is 17.9 Å². The Morgan fingerprint density at radius 2 is 1.83 bits per heavy atom. The Balaban J connectivity index is 1.68. The highest BCUT2D eigenvalue weighted by Gasteiger charge is 2.29. The molecule has 0 radical (unpaired) electrons. The van der Waals surface area contributed by atoms with Crippen LogP contribution in [-0.2, 0) is 16.0 Å². The summed E-state index contributed by atoms with van der Waals surface area (Å²) in [6.07, 6.45) is -0.0931. The quantitative estimate of drug-likeness (QED) is 0.540. The summed E-state index contributed by atoms with van der Waals surface area (Å²) in [6.45, 7) is 8.33. The molecule has 154 valence electrons. The molecule has 6 heteroatoms. The van der Waals surface area contributed by atoms with E-state index in [0.717, 1.165) is 22.2 Å². The van der Waals surface area contributed by atoms with Crippen LogP contribution in [-0.4, -0.2) is 29.1 Å². The predicted octanol–water partition coefficient (Wildman–Crippen LogP) is 4.82. The molecule has 2 heterocycles. The van der Waals surface area contributed by atoms with E-state index in [9.17, 15) is 9.59 Å². The van der Waals surface area contributed by atoms with Gasteiger partial charge in [-0.2, -0.15) is 0 Å². The van der Waals surface area contributed by atoms with E-state index in [1.807, 2.05) is 80.1 Å². The van der Waals surface area contributed by atoms with Crippen LogP contribution in [0.3, 0.4) is 0 Å². The molecule has 0 bridgehead atoms. The smallest absolute Gasteiger partial charge is 0.355 e. The second-order valence-electron chi connectivity index (χ2n) is 7.76. The zero-order valence-electron chi connectivity index (χ0n) is 17.3. The normalized spacial score (nSPS) is 12.5. The van der Waals surface area contributed by atoms with Crippen LogP contribution < -0.4 is 5.32 Å². The van der Waals surface area contributed by atoms with E-state index < -0.39 is 12.1 Å². The Kier molecular flexibility index (Phi) is 6.75. The average Bonchev–Trinajstić information content (AvgIpc) is 3.27. The molecule has 29 heavy (non-hydrogen) atoms. The zero-order chi connectivity index (χ0) is 21.0. The van der Waals surface area contributed by atoms with Crippen LogP contribution in [0, 0.1) is 5.92 Å². The topological polar surface area (TPSA) is 60.3 Å². The highest BCUT2D eigenvalue weighted by molar-refractivity contribution is 7.17. The Morgan fingerprint density at radius 1 is 1.10 bits per heavy atom. The summed E-state index contributed by atoms with van der Waals surface area (Å²) in [6, 6.07) is 13.9. The fraction of sp³-hybridized carbons (Fsp3) is 0.391. The summed E-state index contributed by atoms with van der Waals surface area (Å²) < 4.78 is 8.70. The van der Waals surface area contributed by atoms with E-state index >= 15 is 0 Å². The molecule has 2 aromatic heterocycles. The van der Waals surface area contributed by atoms with Gasteiger partial charge in [-0.25, -0.2) is 4.79 Å². The maximum absolute atomic E-state index is 12.9. The minimum absolute atomic E-state index is 0.113. The maximum atomic E-state index is 12.9. The third-order valence-corrected chi connectivity index (χ3v) is 5.69. The Labute approximate surface area is 175 Å². The lowest BCUT2D eigenvalue weighted by Gasteiger charge is -2.22. The molecule has 0 aliphatic rings. The lowest BCUT2D eigenvalue weighted by atomic mass is 10.1. The molecule has 0 fully saturated rings. The molecule has 0 aliphatic carbocycles. The van der Waals surface area contributed by atoms with Gasteiger partial charge < -0.3 is 14.6 Å². The largest absolute Gasteiger partial charge is 0.447 e. The lowest BCUT2D eigenvalue weighted by Crippen LogP contribution is -2.42. The zero-order valence-corrected chi connectivity index (χ0v) is 18.2. The number of esters is 1. The van der Waals surface area contributed by atoms with E-state index in [4.69, 9.17) is 4.74 Å². The number of rotatable bonds is 8. The van der Waals surface area contributed by atoms with Crippen molar-refractivity contribution in [2.75, 3.05) is 6.54 Å². The van der Waals surface area contributed by atoms with Crippen LogP contribution in [0.5, 0.6) is 0 Å². The van der Waals surface area contributed by atoms with Gasteiger partial charge in [0.2, 0.25) is 0 Å². The Bertz CT molecular complexity index is 973. The number of thiophene rings is 1. The highest BCUT2D eigenvalue weighted by Crippen LogP contribution is 2.29. The molecule has 5 nitrogen and oxygen atoms in total. The van der Waals surface area contributed by atoms with Crippen molar-refractivity contribution >= 4 is 33.4 Å². The number of carbonyl (C=O) groups is 2. The van der Waals surface area contributed by atoms with Crippen molar-refractivity contribution < 1.29 is 14.3 Å². The van der Waals surface area contributed by atoms with Crippen molar-refractivity contribution in [2.45, 2.75) is 46.3 Å². The van der Waals surface area contributed by atoms with Crippen LogP contribution in [0.1, 0.15) is 49.8 Å². The molecule has 3 aromatic rings. The molecule has 0 saturated carbocycles. The second kappa shape index (κ2) is 9.27. The Hall–Kier alpha value is -2.60. The van der Waals surface area contributed by atoms with Crippen LogP contribution in [0.2, 0.25) is 0 Å². The number of carbonyl (C=O) groups excluding carboxylic acids is 2. The number of benzene rings is 1. The predicted molar refractivity (Wildman–Crippen MR) is 117 cm³/mol. The van der Waals surface area contributed by atoms with Gasteiger partial charge in [0, 0.05) is 12.6 Å². The van der Waals surface area contributed by atoms with Gasteiger partial charge >= 0.3 is 5.97 Å². The average molecular weight is 413 g/mol. The minimum atomic E-state index is -0.827. The van der Waals surface area contributed by atoms with Gasteiger partial charge in [-0.05, 0) is 49.3 Å². The molecule has 0 unspecified atom stereocenters. The highest BCUT2D eigenvalue weighted by atomic mass is 32.1. The number of ether oxygens (including phenoxy) is 1. The van der Waals surface area contributed by atoms with E-state index in [0.29, 0.717) is 12.2 Å². The minimum Gasteiger partial charge on any atom is -0.447 e. The SMILES string of the molecule is CC(C)[C@@H](OC(=O)c1cc2sccc2n1C(C)C)C(=O)NCCc1ccccc1. The molecule has 3 rings (SSSR count). The molecule has 1 atom stereocenters. The summed E-state index contributed by atoms with van der Waals surface area (Å²) in [5, 5.41) is 4.92. The van der Waals surface area contributed by atoms with Gasteiger partial charge in [0.25, 0.3) is 5.91 Å². The first-order valence-electron chi connectivity index (χ1n) is 9.99. The van der Waals surface area contributed by atoms with Gasteiger partial charge in [-0.15, -0.1) is 11.3 Å². The third kappa shape index (κ3) is 4.88. The van der Waals surface area contributed by atoms with Gasteiger partial charge in [0.05, 0.1) is 10.2 Å². The van der Waals surface area contributed by atoms with Crippen LogP contribution in [0.4, 0.5) is 0 Å². The molecule has 0 aliphatic heterocycles. The molecule has 0 saturated heterocycles. The summed E-state index contributed by atoms with van der Waals surface area (Å²) >= 11 is 1.59. The first-order valence-corrected chi connectivity index (χ1v) is 10.9. The number of hydrogen-bond acceptors (Lipinski definition) is 4. The fourth-order valence-electron chi connectivity index (χ4n) is 3.40. The van der Waals surface area contributed by atoms with Gasteiger partial charge in [0.15, 0.2) is 6.10 Å². The van der Waals surface area contributed by atoms with Gasteiger partial charge in [0.1, 0.15) is 5.69 Å². The van der Waals surface area contributed by atoms with Crippen molar-refractivity contribution in [3.8, 4) is 0 Å². The van der Waals surface area contributed by atoms with Crippen molar-refractivity contribution in [3.05, 3.63) is 59.1 Å². The number of aromatic nitrogens is 1. The Morgan fingerprint density at radius 3 is 2.48 bits per heavy atom. The van der Waals surface area contributed by atoms with Gasteiger partial charge in [-0.3, -0.25) is 4.79 Å². The number of hydrogen-bond donors (Lipinski definition) is 1. The molecular formula is C23H28N2O3S. The van der Waals surface area contributed by atoms with Crippen molar-refractivity contribution in [1.29, 1.82) is 0 Å². The molecule has 1 aromatic carbocycles. The lowest BCUT2D eigenvalue weighted by molar-refractivity contribution is -0.132. The molecule has 0 spiro atoms. The standard InChI is InChI=1S/C23H28N2O3S/c1-15(2)21(22(26)24-12-10-17-8-6-5-7-9-17)28-23(27)19-14-20-18(11-13-29-20)25(19)16(3)4/h5-9,11,13-16,21H,10,12H2,1-4H3,(H,24,26)/t21-/m1/s1. The van der Waals surface area contributed by atoms with Crippen molar-refractivity contribution in [1.82, 2.24) is 9.88 Å². The number of nitrogens with zero attached hydrogens (tertiary/aromatic N) is 1. The number of fused-ring (bicyclic) bond motifs is 1. The van der Waals surface area contributed by atoms with Crippen LogP contribution in [0.25, 0.3) is 10.2 Å². The van der Waals surface area contributed by atoms with Crippen molar-refractivity contribution in [3.63, 3.8) is 0 Å². The maximum Gasteiger partial charge on any atom is 0.355 e. The third-order valence-electron chi connectivity index (χ3n) is 4.84. The van der Waals surface area contributed by atoms with E-state index in [1.165, 1.54) is 0 Å². The summed E-state index contributed by atoms with van der Waals surface area (Å²) in [7, 11) is 0. The first-order chi connectivity index (χ1) is 13.9.